The van der Waals surface area contributed by atoms with Gasteiger partial charge in [0.1, 0.15) is 0 Å². The lowest BCUT2D eigenvalue weighted by molar-refractivity contribution is 0.324. The molecule has 3 aromatic rings. The van der Waals surface area contributed by atoms with Gasteiger partial charge in [-0.1, -0.05) is 18.2 Å². The average molecular weight is 487 g/mol. The maximum atomic E-state index is 12.9. The number of ether oxygens (including phenoxy) is 4. The van der Waals surface area contributed by atoms with Crippen molar-refractivity contribution in [3.05, 3.63) is 59.7 Å². The first kappa shape index (κ1) is 24.6. The summed E-state index contributed by atoms with van der Waals surface area (Å²) >= 11 is 0. The molecule has 0 saturated carbocycles. The van der Waals surface area contributed by atoms with Crippen molar-refractivity contribution in [1.29, 1.82) is 0 Å². The van der Waals surface area contributed by atoms with Crippen molar-refractivity contribution in [2.24, 2.45) is 0 Å². The maximum Gasteiger partial charge on any atom is 0.262 e. The smallest absolute Gasteiger partial charge is 0.262 e. The number of phenols is 1. The zero-order valence-electron chi connectivity index (χ0n) is 19.2. The van der Waals surface area contributed by atoms with E-state index < -0.39 is 10.0 Å². The fraction of sp³-hybridized carbons (Fsp3) is 0.167. The summed E-state index contributed by atoms with van der Waals surface area (Å²) in [5.41, 5.74) is 7.33. The third kappa shape index (κ3) is 5.29. The number of phenolic OH excluding ortho intramolecular Hbond substituents is 1. The Hall–Kier alpha value is -4.05. The number of nitrogen functional groups attached to an aromatic ring is 1. The molecule has 10 heteroatoms. The van der Waals surface area contributed by atoms with Gasteiger partial charge in [-0.3, -0.25) is 4.72 Å². The SMILES string of the molecule is COc1cc(/C=C\c2cc(O)c(OC)c(NS(=O)(=O)c3cccc(N)c3)c2)cc(OC)c1OC. The van der Waals surface area contributed by atoms with Crippen LogP contribution >= 0.6 is 0 Å². The molecule has 0 unspecified atom stereocenters. The van der Waals surface area contributed by atoms with Crippen molar-refractivity contribution in [2.75, 3.05) is 38.9 Å². The van der Waals surface area contributed by atoms with E-state index >= 15 is 0 Å². The van der Waals surface area contributed by atoms with Gasteiger partial charge in [-0.25, -0.2) is 8.42 Å². The highest BCUT2D eigenvalue weighted by atomic mass is 32.2. The lowest BCUT2D eigenvalue weighted by atomic mass is 10.1. The fourth-order valence-electron chi connectivity index (χ4n) is 3.30. The molecule has 0 heterocycles. The lowest BCUT2D eigenvalue weighted by Crippen LogP contribution is -2.14. The normalized spacial score (nSPS) is 11.3. The first-order valence-electron chi connectivity index (χ1n) is 9.99. The molecule has 0 aliphatic rings. The number of hydrogen-bond acceptors (Lipinski definition) is 8. The summed E-state index contributed by atoms with van der Waals surface area (Å²) < 4.78 is 49.5. The predicted octanol–water partition coefficient (Wildman–Crippen LogP) is 3.98. The molecule has 0 bridgehead atoms. The molecule has 0 amide bonds. The Morgan fingerprint density at radius 1 is 0.824 bits per heavy atom. The van der Waals surface area contributed by atoms with E-state index in [1.165, 1.54) is 58.8 Å². The van der Waals surface area contributed by atoms with E-state index in [2.05, 4.69) is 4.72 Å². The molecular formula is C24H26N2O7S. The molecule has 0 aromatic heterocycles. The Kier molecular flexibility index (Phi) is 7.42. The molecule has 9 nitrogen and oxygen atoms in total. The molecule has 0 fully saturated rings. The van der Waals surface area contributed by atoms with Crippen LogP contribution in [0.25, 0.3) is 12.2 Å². The highest BCUT2D eigenvalue weighted by molar-refractivity contribution is 7.92. The van der Waals surface area contributed by atoms with Crippen LogP contribution in [0.15, 0.2) is 53.4 Å². The number of anilines is 2. The second-order valence-corrected chi connectivity index (χ2v) is 8.77. The molecular weight excluding hydrogens is 460 g/mol. The van der Waals surface area contributed by atoms with Crippen LogP contribution in [-0.2, 0) is 10.0 Å². The van der Waals surface area contributed by atoms with Crippen molar-refractivity contribution in [3.8, 4) is 28.7 Å². The van der Waals surface area contributed by atoms with Crippen molar-refractivity contribution < 1.29 is 32.5 Å². The van der Waals surface area contributed by atoms with Gasteiger partial charge in [-0.05, 0) is 53.6 Å². The van der Waals surface area contributed by atoms with Gasteiger partial charge < -0.3 is 29.8 Å². The predicted molar refractivity (Wildman–Crippen MR) is 131 cm³/mol. The van der Waals surface area contributed by atoms with E-state index in [9.17, 15) is 13.5 Å². The van der Waals surface area contributed by atoms with Crippen LogP contribution in [0.4, 0.5) is 11.4 Å². The number of methoxy groups -OCH3 is 4. The van der Waals surface area contributed by atoms with Crippen molar-refractivity contribution >= 4 is 33.6 Å². The van der Waals surface area contributed by atoms with Gasteiger partial charge in [0.15, 0.2) is 23.0 Å². The number of nitrogens with one attached hydrogen (secondary N) is 1. The Morgan fingerprint density at radius 2 is 1.41 bits per heavy atom. The van der Waals surface area contributed by atoms with Crippen LogP contribution in [0.2, 0.25) is 0 Å². The highest BCUT2D eigenvalue weighted by Gasteiger charge is 2.19. The minimum Gasteiger partial charge on any atom is -0.504 e. The van der Waals surface area contributed by atoms with E-state index in [4.69, 9.17) is 24.7 Å². The Morgan fingerprint density at radius 3 is 1.94 bits per heavy atom. The van der Waals surface area contributed by atoms with E-state index in [1.54, 1.807) is 30.4 Å². The first-order chi connectivity index (χ1) is 16.2. The number of aromatic hydroxyl groups is 1. The minimum atomic E-state index is -3.99. The van der Waals surface area contributed by atoms with Crippen LogP contribution in [0.1, 0.15) is 11.1 Å². The fourth-order valence-corrected chi connectivity index (χ4v) is 4.41. The van der Waals surface area contributed by atoms with Crippen LogP contribution in [0.3, 0.4) is 0 Å². The summed E-state index contributed by atoms with van der Waals surface area (Å²) in [6, 6.07) is 12.4. The summed E-state index contributed by atoms with van der Waals surface area (Å²) in [6.07, 6.45) is 3.44. The zero-order chi connectivity index (χ0) is 24.9. The molecule has 3 rings (SSSR count). The summed E-state index contributed by atoms with van der Waals surface area (Å²) in [6.45, 7) is 0. The topological polar surface area (TPSA) is 129 Å². The Labute approximate surface area is 198 Å². The van der Waals surface area contributed by atoms with Crippen molar-refractivity contribution in [3.63, 3.8) is 0 Å². The van der Waals surface area contributed by atoms with Gasteiger partial charge in [-0.2, -0.15) is 0 Å². The lowest BCUT2D eigenvalue weighted by Gasteiger charge is -2.14. The Bertz CT molecular complexity index is 1300. The van der Waals surface area contributed by atoms with Crippen molar-refractivity contribution in [2.45, 2.75) is 4.90 Å². The van der Waals surface area contributed by atoms with Gasteiger partial charge in [0.05, 0.1) is 39.0 Å². The summed E-state index contributed by atoms with van der Waals surface area (Å²) in [5, 5.41) is 10.4. The number of sulfonamides is 1. The van der Waals surface area contributed by atoms with Crippen LogP contribution < -0.4 is 29.4 Å². The summed E-state index contributed by atoms with van der Waals surface area (Å²) in [4.78, 5) is -0.0209. The standard InChI is InChI=1S/C24H26N2O7S/c1-30-21-12-16(13-22(31-2)24(21)33-4)9-8-15-10-19(23(32-3)20(27)11-15)26-34(28,29)18-7-5-6-17(25)14-18/h5-14,26-27H,25H2,1-4H3/b9-8-. The Balaban J connectivity index is 1.99. The number of benzene rings is 3. The van der Waals surface area contributed by atoms with E-state index in [-0.39, 0.29) is 22.1 Å². The minimum absolute atomic E-state index is 0.0163. The number of rotatable bonds is 9. The second kappa shape index (κ2) is 10.3. The van der Waals surface area contributed by atoms with Gasteiger partial charge in [0.2, 0.25) is 5.75 Å². The monoisotopic (exact) mass is 486 g/mol. The molecule has 4 N–H and O–H groups in total. The van der Waals surface area contributed by atoms with Gasteiger partial charge in [-0.15, -0.1) is 0 Å². The molecule has 0 aliphatic carbocycles. The van der Waals surface area contributed by atoms with E-state index in [0.29, 0.717) is 28.5 Å². The summed E-state index contributed by atoms with van der Waals surface area (Å²) in [5.74, 6) is 1.17. The largest absolute Gasteiger partial charge is 0.504 e. The van der Waals surface area contributed by atoms with Gasteiger partial charge >= 0.3 is 0 Å². The number of hydrogen-bond donors (Lipinski definition) is 3. The molecule has 0 radical (unpaired) electrons. The molecule has 0 saturated heterocycles. The third-order valence-corrected chi connectivity index (χ3v) is 6.23. The molecule has 3 aromatic carbocycles. The van der Waals surface area contributed by atoms with E-state index in [1.807, 2.05) is 0 Å². The first-order valence-corrected chi connectivity index (χ1v) is 11.5. The highest BCUT2D eigenvalue weighted by Crippen LogP contribution is 2.40. The summed E-state index contributed by atoms with van der Waals surface area (Å²) in [7, 11) is 1.90. The van der Waals surface area contributed by atoms with Crippen molar-refractivity contribution in [1.82, 2.24) is 0 Å². The number of nitrogens with two attached hydrogens (primary N) is 1. The third-order valence-electron chi connectivity index (χ3n) is 4.86. The molecule has 0 atom stereocenters. The molecule has 34 heavy (non-hydrogen) atoms. The van der Waals surface area contributed by atoms with Crippen LogP contribution in [0, 0.1) is 0 Å². The average Bonchev–Trinajstić information content (AvgIpc) is 2.81. The van der Waals surface area contributed by atoms with Crippen LogP contribution in [-0.4, -0.2) is 42.0 Å². The zero-order valence-corrected chi connectivity index (χ0v) is 20.0. The van der Waals surface area contributed by atoms with Crippen LogP contribution in [0.5, 0.6) is 28.7 Å². The second-order valence-electron chi connectivity index (χ2n) is 7.09. The molecule has 180 valence electrons. The van der Waals surface area contributed by atoms with Gasteiger partial charge in [0, 0.05) is 5.69 Å². The van der Waals surface area contributed by atoms with Gasteiger partial charge in [0.25, 0.3) is 10.0 Å². The van der Waals surface area contributed by atoms with E-state index in [0.717, 1.165) is 5.56 Å². The maximum absolute atomic E-state index is 12.9. The molecule has 0 aliphatic heterocycles. The molecule has 0 spiro atoms. The quantitative estimate of drug-likeness (QED) is 0.306.